The second-order valence-electron chi connectivity index (χ2n) is 6.48. The third kappa shape index (κ3) is 6.84. The first kappa shape index (κ1) is 20.5. The van der Waals surface area contributed by atoms with Crippen LogP contribution in [0.15, 0.2) is 36.7 Å². The molecule has 2 rings (SSSR count). The summed E-state index contributed by atoms with van der Waals surface area (Å²) in [6, 6.07) is 3.62. The van der Waals surface area contributed by atoms with Gasteiger partial charge in [0.25, 0.3) is 0 Å². The molecule has 0 unspecified atom stereocenters. The summed E-state index contributed by atoms with van der Waals surface area (Å²) < 4.78 is 16.3. The summed E-state index contributed by atoms with van der Waals surface area (Å²) in [7, 11) is 0. The molecule has 5 atom stereocenters. The summed E-state index contributed by atoms with van der Waals surface area (Å²) in [4.78, 5) is 15.6. The highest BCUT2D eigenvalue weighted by atomic mass is 16.7. The van der Waals surface area contributed by atoms with E-state index in [0.717, 1.165) is 5.56 Å². The van der Waals surface area contributed by atoms with Crippen LogP contribution in [0, 0.1) is 0 Å². The summed E-state index contributed by atoms with van der Waals surface area (Å²) in [6.45, 7) is 3.81. The van der Waals surface area contributed by atoms with E-state index in [1.807, 2.05) is 13.0 Å². The Morgan fingerprint density at radius 1 is 1.46 bits per heavy atom. The Labute approximate surface area is 153 Å². The van der Waals surface area contributed by atoms with Gasteiger partial charge in [0.15, 0.2) is 6.29 Å². The molecule has 1 aromatic rings. The predicted octanol–water partition coefficient (Wildman–Crippen LogP) is 1.72. The van der Waals surface area contributed by atoms with Gasteiger partial charge in [0.05, 0.1) is 18.3 Å². The number of aliphatic hydroxyl groups is 2. The Morgan fingerprint density at radius 2 is 2.27 bits per heavy atom. The van der Waals surface area contributed by atoms with E-state index in [-0.39, 0.29) is 25.2 Å². The van der Waals surface area contributed by atoms with E-state index < -0.39 is 24.5 Å². The Bertz CT molecular complexity index is 579. The third-order valence-corrected chi connectivity index (χ3v) is 4.15. The van der Waals surface area contributed by atoms with Crippen LogP contribution in [0.3, 0.4) is 0 Å². The number of aliphatic hydroxyl groups excluding tert-OH is 2. The van der Waals surface area contributed by atoms with Crippen LogP contribution in [-0.4, -0.2) is 51.9 Å². The fourth-order valence-corrected chi connectivity index (χ4v) is 2.56. The van der Waals surface area contributed by atoms with Gasteiger partial charge in [-0.1, -0.05) is 12.1 Å². The van der Waals surface area contributed by atoms with Crippen molar-refractivity contribution >= 4 is 5.97 Å². The molecule has 144 valence electrons. The number of carbonyl (C=O) groups excluding carboxylic acids is 1. The van der Waals surface area contributed by atoms with Crippen molar-refractivity contribution in [3.8, 4) is 0 Å². The van der Waals surface area contributed by atoms with Crippen molar-refractivity contribution in [2.45, 2.75) is 70.4 Å². The number of ether oxygens (including phenoxy) is 3. The average Bonchev–Trinajstić information content (AvgIpc) is 2.62. The SMILES string of the molecule is C[C@H](CC/C=C/C(=O)OCc1cccnc1)O[C@@H]1O[C@@H](C)[C@H](O)C[C@H]1O. The molecule has 0 saturated carbocycles. The standard InChI is InChI=1S/C19H27NO6/c1-13(25-19-17(22)10-16(21)14(2)26-19)6-3-4-8-18(23)24-12-15-7-5-9-20-11-15/h4-5,7-9,11,13-14,16-17,19,21-22H,3,6,10,12H2,1-2H3/b8-4+/t13-,14+,16-,17-,19-/m1/s1. The molecule has 1 aromatic heterocycles. The van der Waals surface area contributed by atoms with Gasteiger partial charge in [-0.3, -0.25) is 4.98 Å². The van der Waals surface area contributed by atoms with Crippen molar-refractivity contribution in [3.63, 3.8) is 0 Å². The summed E-state index contributed by atoms with van der Waals surface area (Å²) in [5.41, 5.74) is 0.835. The highest BCUT2D eigenvalue weighted by molar-refractivity contribution is 5.81. The lowest BCUT2D eigenvalue weighted by Gasteiger charge is -2.36. The molecule has 0 radical (unpaired) electrons. The fourth-order valence-electron chi connectivity index (χ4n) is 2.56. The summed E-state index contributed by atoms with van der Waals surface area (Å²) in [6.07, 6.45) is 5.18. The van der Waals surface area contributed by atoms with Crippen molar-refractivity contribution in [1.82, 2.24) is 4.98 Å². The maximum absolute atomic E-state index is 11.7. The molecule has 2 N–H and O–H groups in total. The third-order valence-electron chi connectivity index (χ3n) is 4.15. The van der Waals surface area contributed by atoms with Gasteiger partial charge in [0, 0.05) is 30.5 Å². The first-order valence-corrected chi connectivity index (χ1v) is 8.85. The van der Waals surface area contributed by atoms with Gasteiger partial charge < -0.3 is 24.4 Å². The zero-order valence-corrected chi connectivity index (χ0v) is 15.2. The number of pyridine rings is 1. The van der Waals surface area contributed by atoms with Crippen molar-refractivity contribution < 1.29 is 29.2 Å². The minimum Gasteiger partial charge on any atom is -0.458 e. The van der Waals surface area contributed by atoms with Gasteiger partial charge in [-0.15, -0.1) is 0 Å². The van der Waals surface area contributed by atoms with E-state index in [4.69, 9.17) is 14.2 Å². The second-order valence-corrected chi connectivity index (χ2v) is 6.48. The molecule has 26 heavy (non-hydrogen) atoms. The van der Waals surface area contributed by atoms with Gasteiger partial charge >= 0.3 is 5.97 Å². The van der Waals surface area contributed by atoms with Crippen LogP contribution in [-0.2, 0) is 25.6 Å². The topological polar surface area (TPSA) is 98.1 Å². The van der Waals surface area contributed by atoms with E-state index in [1.54, 1.807) is 31.5 Å². The lowest BCUT2D eigenvalue weighted by Crippen LogP contribution is -2.48. The van der Waals surface area contributed by atoms with Crippen LogP contribution in [0.25, 0.3) is 0 Å². The molecule has 1 fully saturated rings. The minimum absolute atomic E-state index is 0.159. The summed E-state index contributed by atoms with van der Waals surface area (Å²) in [5, 5.41) is 19.6. The zero-order valence-electron chi connectivity index (χ0n) is 15.2. The first-order valence-electron chi connectivity index (χ1n) is 8.85. The molecule has 7 heteroatoms. The average molecular weight is 365 g/mol. The van der Waals surface area contributed by atoms with Crippen LogP contribution in [0.1, 0.15) is 38.7 Å². The van der Waals surface area contributed by atoms with Crippen LogP contribution in [0.5, 0.6) is 0 Å². The lowest BCUT2D eigenvalue weighted by molar-refractivity contribution is -0.273. The molecule has 7 nitrogen and oxygen atoms in total. The monoisotopic (exact) mass is 365 g/mol. The van der Waals surface area contributed by atoms with Crippen LogP contribution < -0.4 is 0 Å². The van der Waals surface area contributed by atoms with Crippen LogP contribution in [0.2, 0.25) is 0 Å². The smallest absolute Gasteiger partial charge is 0.330 e. The molecule has 0 bridgehead atoms. The molecule has 1 aliphatic rings. The molecule has 1 saturated heterocycles. The number of hydrogen-bond donors (Lipinski definition) is 2. The highest BCUT2D eigenvalue weighted by Crippen LogP contribution is 2.22. The number of aromatic nitrogens is 1. The quantitative estimate of drug-likeness (QED) is 0.535. The molecule has 1 aliphatic heterocycles. The normalized spacial score (nSPS) is 27.4. The maximum atomic E-state index is 11.7. The van der Waals surface area contributed by atoms with Crippen molar-refractivity contribution in [3.05, 3.63) is 42.2 Å². The molecule has 0 spiro atoms. The van der Waals surface area contributed by atoms with Crippen molar-refractivity contribution in [2.75, 3.05) is 0 Å². The van der Waals surface area contributed by atoms with Gasteiger partial charge in [-0.05, 0) is 32.8 Å². The fraction of sp³-hybridized carbons (Fsp3) is 0.579. The van der Waals surface area contributed by atoms with Crippen LogP contribution >= 0.6 is 0 Å². The highest BCUT2D eigenvalue weighted by Gasteiger charge is 2.35. The molecule has 2 heterocycles. The molecule has 0 amide bonds. The number of hydrogen-bond acceptors (Lipinski definition) is 7. The summed E-state index contributed by atoms with van der Waals surface area (Å²) in [5.74, 6) is -0.406. The number of nitrogens with zero attached hydrogens (tertiary/aromatic N) is 1. The van der Waals surface area contributed by atoms with Crippen LogP contribution in [0.4, 0.5) is 0 Å². The number of rotatable bonds is 8. The molecule has 0 aromatic carbocycles. The van der Waals surface area contributed by atoms with Gasteiger partial charge in [0.2, 0.25) is 0 Å². The Morgan fingerprint density at radius 3 is 3.00 bits per heavy atom. The predicted molar refractivity (Wildman–Crippen MR) is 93.9 cm³/mol. The zero-order chi connectivity index (χ0) is 18.9. The lowest BCUT2D eigenvalue weighted by atomic mass is 10.0. The largest absolute Gasteiger partial charge is 0.458 e. The second kappa shape index (κ2) is 10.4. The van der Waals surface area contributed by atoms with E-state index in [0.29, 0.717) is 12.8 Å². The van der Waals surface area contributed by atoms with Crippen molar-refractivity contribution in [1.29, 1.82) is 0 Å². The van der Waals surface area contributed by atoms with E-state index in [9.17, 15) is 15.0 Å². The Hall–Kier alpha value is -1.80. The first-order chi connectivity index (χ1) is 12.5. The number of allylic oxidation sites excluding steroid dienone is 1. The Balaban J connectivity index is 1.63. The maximum Gasteiger partial charge on any atom is 0.330 e. The van der Waals surface area contributed by atoms with Gasteiger partial charge in [0.1, 0.15) is 12.7 Å². The van der Waals surface area contributed by atoms with Gasteiger partial charge in [-0.2, -0.15) is 0 Å². The van der Waals surface area contributed by atoms with E-state index in [1.165, 1.54) is 6.08 Å². The number of carbonyl (C=O) groups is 1. The summed E-state index contributed by atoms with van der Waals surface area (Å²) >= 11 is 0. The Kier molecular flexibility index (Phi) is 8.18. The van der Waals surface area contributed by atoms with E-state index in [2.05, 4.69) is 4.98 Å². The van der Waals surface area contributed by atoms with Gasteiger partial charge in [-0.25, -0.2) is 4.79 Å². The minimum atomic E-state index is -0.846. The molecular formula is C19H27NO6. The molecular weight excluding hydrogens is 338 g/mol. The van der Waals surface area contributed by atoms with E-state index >= 15 is 0 Å². The number of esters is 1. The molecule has 0 aliphatic carbocycles. The van der Waals surface area contributed by atoms with Crippen molar-refractivity contribution in [2.24, 2.45) is 0 Å².